The zero-order valence-corrected chi connectivity index (χ0v) is 8.80. The molecule has 0 atom stereocenters. The molecule has 0 saturated heterocycles. The summed E-state index contributed by atoms with van der Waals surface area (Å²) in [6, 6.07) is 0. The molecule has 0 aromatic carbocycles. The number of aryl methyl sites for hydroxylation is 2. The number of unbranched alkanes of at least 4 members (excludes halogenated alkanes) is 1. The van der Waals surface area contributed by atoms with Gasteiger partial charge in [0, 0.05) is 12.2 Å². The Balaban J connectivity index is 2.32. The van der Waals surface area contributed by atoms with Gasteiger partial charge in [-0.05, 0) is 40.3 Å². The molecule has 1 N–H and O–H groups in total. The Labute approximate surface area is 80.2 Å². The quantitative estimate of drug-likeness (QED) is 0.698. The van der Waals surface area contributed by atoms with Crippen LogP contribution in [0.15, 0.2) is 6.33 Å². The highest BCUT2D eigenvalue weighted by molar-refractivity contribution is 5.08. The zero-order chi connectivity index (χ0) is 9.68. The summed E-state index contributed by atoms with van der Waals surface area (Å²) in [5.74, 6) is 0. The average Bonchev–Trinajstić information content (AvgIpc) is 2.43. The molecule has 3 nitrogen and oxygen atoms in total. The number of hydrogen-bond acceptors (Lipinski definition) is 2. The van der Waals surface area contributed by atoms with Gasteiger partial charge in [-0.3, -0.25) is 0 Å². The normalized spacial score (nSPS) is 10.7. The van der Waals surface area contributed by atoms with E-state index in [1.165, 1.54) is 18.5 Å². The first-order valence-electron chi connectivity index (χ1n) is 4.88. The first-order chi connectivity index (χ1) is 6.25. The van der Waals surface area contributed by atoms with Crippen LogP contribution in [0, 0.1) is 13.8 Å². The molecule has 0 aliphatic carbocycles. The lowest BCUT2D eigenvalue weighted by atomic mass is 10.3. The Bertz CT molecular complexity index is 253. The summed E-state index contributed by atoms with van der Waals surface area (Å²) in [4.78, 5) is 4.26. The summed E-state index contributed by atoms with van der Waals surface area (Å²) >= 11 is 0. The number of aromatic nitrogens is 2. The largest absolute Gasteiger partial charge is 0.335 e. The second-order valence-corrected chi connectivity index (χ2v) is 3.42. The molecule has 0 unspecified atom stereocenters. The minimum absolute atomic E-state index is 1.09. The molecule has 1 aromatic rings. The number of rotatable bonds is 5. The van der Waals surface area contributed by atoms with Crippen molar-refractivity contribution >= 4 is 0 Å². The van der Waals surface area contributed by atoms with Crippen molar-refractivity contribution in [1.29, 1.82) is 0 Å². The molecule has 1 heterocycles. The fourth-order valence-corrected chi connectivity index (χ4v) is 1.35. The summed E-state index contributed by atoms with van der Waals surface area (Å²) in [5.41, 5.74) is 2.44. The van der Waals surface area contributed by atoms with E-state index >= 15 is 0 Å². The van der Waals surface area contributed by atoms with Crippen LogP contribution in [0.25, 0.3) is 0 Å². The van der Waals surface area contributed by atoms with E-state index in [-0.39, 0.29) is 0 Å². The van der Waals surface area contributed by atoms with E-state index in [2.05, 4.69) is 28.7 Å². The highest BCUT2D eigenvalue weighted by Crippen LogP contribution is 2.05. The maximum atomic E-state index is 4.26. The van der Waals surface area contributed by atoms with Crippen molar-refractivity contribution in [2.45, 2.75) is 33.2 Å². The molecule has 0 fully saturated rings. The number of hydrogen-bond donors (Lipinski definition) is 1. The SMILES string of the molecule is CNCCCCn1cnc(C)c1C. The van der Waals surface area contributed by atoms with E-state index in [4.69, 9.17) is 0 Å². The third kappa shape index (κ3) is 2.84. The predicted molar refractivity (Wildman–Crippen MR) is 54.9 cm³/mol. The van der Waals surface area contributed by atoms with Crippen molar-refractivity contribution in [3.8, 4) is 0 Å². The Morgan fingerprint density at radius 1 is 1.38 bits per heavy atom. The lowest BCUT2D eigenvalue weighted by Gasteiger charge is -2.04. The molecule has 1 rings (SSSR count). The first kappa shape index (κ1) is 10.3. The summed E-state index contributed by atoms with van der Waals surface area (Å²) in [6.45, 7) is 6.38. The van der Waals surface area contributed by atoms with Crippen LogP contribution < -0.4 is 5.32 Å². The van der Waals surface area contributed by atoms with E-state index in [1.807, 2.05) is 13.4 Å². The smallest absolute Gasteiger partial charge is 0.0951 e. The van der Waals surface area contributed by atoms with Crippen molar-refractivity contribution < 1.29 is 0 Å². The van der Waals surface area contributed by atoms with Crippen LogP contribution in [-0.2, 0) is 6.54 Å². The fraction of sp³-hybridized carbons (Fsp3) is 0.700. The topological polar surface area (TPSA) is 29.9 Å². The fourth-order valence-electron chi connectivity index (χ4n) is 1.35. The molecule has 0 saturated carbocycles. The molecule has 3 heteroatoms. The van der Waals surface area contributed by atoms with Crippen LogP contribution in [0.2, 0.25) is 0 Å². The van der Waals surface area contributed by atoms with Gasteiger partial charge in [-0.2, -0.15) is 0 Å². The molecule has 0 aliphatic rings. The van der Waals surface area contributed by atoms with Gasteiger partial charge in [-0.25, -0.2) is 4.98 Å². The second kappa shape index (κ2) is 5.02. The van der Waals surface area contributed by atoms with Crippen molar-refractivity contribution in [2.24, 2.45) is 0 Å². The van der Waals surface area contributed by atoms with Crippen LogP contribution in [0.3, 0.4) is 0 Å². The molecular formula is C10H19N3. The van der Waals surface area contributed by atoms with E-state index in [0.29, 0.717) is 0 Å². The van der Waals surface area contributed by atoms with Gasteiger partial charge in [0.25, 0.3) is 0 Å². The van der Waals surface area contributed by atoms with Gasteiger partial charge in [-0.15, -0.1) is 0 Å². The van der Waals surface area contributed by atoms with Crippen LogP contribution in [0.1, 0.15) is 24.2 Å². The van der Waals surface area contributed by atoms with E-state index in [0.717, 1.165) is 18.8 Å². The van der Waals surface area contributed by atoms with Crippen LogP contribution in [-0.4, -0.2) is 23.1 Å². The van der Waals surface area contributed by atoms with Gasteiger partial charge >= 0.3 is 0 Å². The Morgan fingerprint density at radius 3 is 2.69 bits per heavy atom. The average molecular weight is 181 g/mol. The number of nitrogens with zero attached hydrogens (tertiary/aromatic N) is 2. The van der Waals surface area contributed by atoms with Crippen molar-refractivity contribution in [1.82, 2.24) is 14.9 Å². The minimum Gasteiger partial charge on any atom is -0.335 e. The second-order valence-electron chi connectivity index (χ2n) is 3.42. The number of nitrogens with one attached hydrogen (secondary N) is 1. The monoisotopic (exact) mass is 181 g/mol. The molecule has 1 aromatic heterocycles. The molecule has 74 valence electrons. The summed E-state index contributed by atoms with van der Waals surface area (Å²) in [5, 5.41) is 3.15. The van der Waals surface area contributed by atoms with Crippen LogP contribution in [0.5, 0.6) is 0 Å². The zero-order valence-electron chi connectivity index (χ0n) is 8.80. The molecule has 13 heavy (non-hydrogen) atoms. The van der Waals surface area contributed by atoms with Crippen molar-refractivity contribution in [3.05, 3.63) is 17.7 Å². The lowest BCUT2D eigenvalue weighted by Crippen LogP contribution is -2.09. The third-order valence-corrected chi connectivity index (χ3v) is 2.42. The van der Waals surface area contributed by atoms with Gasteiger partial charge < -0.3 is 9.88 Å². The summed E-state index contributed by atoms with van der Waals surface area (Å²) in [7, 11) is 1.99. The Morgan fingerprint density at radius 2 is 2.15 bits per heavy atom. The van der Waals surface area contributed by atoms with Gasteiger partial charge in [0.1, 0.15) is 0 Å². The first-order valence-corrected chi connectivity index (χ1v) is 4.88. The highest BCUT2D eigenvalue weighted by Gasteiger charge is 2.00. The van der Waals surface area contributed by atoms with Crippen LogP contribution in [0.4, 0.5) is 0 Å². The van der Waals surface area contributed by atoms with Crippen molar-refractivity contribution in [2.75, 3.05) is 13.6 Å². The number of imidazole rings is 1. The van der Waals surface area contributed by atoms with Gasteiger partial charge in [0.05, 0.1) is 12.0 Å². The van der Waals surface area contributed by atoms with Gasteiger partial charge in [0.15, 0.2) is 0 Å². The minimum atomic E-state index is 1.09. The molecule has 0 amide bonds. The molecule has 0 bridgehead atoms. The molecule has 0 aliphatic heterocycles. The summed E-state index contributed by atoms with van der Waals surface area (Å²) in [6.07, 6.45) is 4.38. The van der Waals surface area contributed by atoms with Crippen molar-refractivity contribution in [3.63, 3.8) is 0 Å². The maximum absolute atomic E-state index is 4.26. The van der Waals surface area contributed by atoms with Crippen LogP contribution >= 0.6 is 0 Å². The van der Waals surface area contributed by atoms with E-state index in [1.54, 1.807) is 0 Å². The molecule has 0 radical (unpaired) electrons. The maximum Gasteiger partial charge on any atom is 0.0951 e. The lowest BCUT2D eigenvalue weighted by molar-refractivity contribution is 0.582. The predicted octanol–water partition coefficient (Wildman–Crippen LogP) is 1.50. The molecular weight excluding hydrogens is 162 g/mol. The Kier molecular flexibility index (Phi) is 3.96. The summed E-state index contributed by atoms with van der Waals surface area (Å²) < 4.78 is 2.23. The third-order valence-electron chi connectivity index (χ3n) is 2.42. The Hall–Kier alpha value is -0.830. The van der Waals surface area contributed by atoms with Gasteiger partial charge in [0.2, 0.25) is 0 Å². The standard InChI is InChI=1S/C10H19N3/c1-9-10(2)13(8-12-9)7-5-4-6-11-3/h8,11H,4-7H2,1-3H3. The molecule has 0 spiro atoms. The van der Waals surface area contributed by atoms with Gasteiger partial charge in [-0.1, -0.05) is 0 Å². The van der Waals surface area contributed by atoms with E-state index < -0.39 is 0 Å². The highest BCUT2D eigenvalue weighted by atomic mass is 15.0. The van der Waals surface area contributed by atoms with E-state index in [9.17, 15) is 0 Å².